The summed E-state index contributed by atoms with van der Waals surface area (Å²) in [4.78, 5) is 17.1. The molecule has 2 aromatic carbocycles. The number of nitrogens with zero attached hydrogens (tertiary/aromatic N) is 5. The number of carbonyl (C=O) groups is 1. The lowest BCUT2D eigenvalue weighted by Gasteiger charge is -2.36. The molecule has 0 atom stereocenters. The molecule has 0 bridgehead atoms. The second-order valence-corrected chi connectivity index (χ2v) is 8.67. The number of piperazine rings is 1. The highest BCUT2D eigenvalue weighted by Gasteiger charge is 2.22. The minimum absolute atomic E-state index is 0.109. The Bertz CT molecular complexity index is 1100. The molecule has 0 spiro atoms. The number of hydrogen-bond donors (Lipinski definition) is 0. The molecule has 0 unspecified atom stereocenters. The van der Waals surface area contributed by atoms with E-state index in [2.05, 4.69) is 33.8 Å². The van der Waals surface area contributed by atoms with Crippen molar-refractivity contribution in [3.63, 3.8) is 0 Å². The molecule has 0 aliphatic carbocycles. The van der Waals surface area contributed by atoms with Gasteiger partial charge in [-0.2, -0.15) is 0 Å². The Morgan fingerprint density at radius 3 is 2.44 bits per heavy atom. The van der Waals surface area contributed by atoms with E-state index in [-0.39, 0.29) is 12.5 Å². The van der Waals surface area contributed by atoms with Crippen LogP contribution in [0.3, 0.4) is 0 Å². The number of rotatable bonds is 10. The highest BCUT2D eigenvalue weighted by atomic mass is 32.2. The van der Waals surface area contributed by atoms with Crippen molar-refractivity contribution in [1.82, 2.24) is 19.7 Å². The average molecular weight is 480 g/mol. The summed E-state index contributed by atoms with van der Waals surface area (Å²) >= 11 is 1.39. The van der Waals surface area contributed by atoms with E-state index in [0.717, 1.165) is 13.1 Å². The van der Waals surface area contributed by atoms with Gasteiger partial charge in [0.2, 0.25) is 5.91 Å². The Labute approximate surface area is 204 Å². The van der Waals surface area contributed by atoms with Crippen molar-refractivity contribution in [3.8, 4) is 11.5 Å². The Kier molecular flexibility index (Phi) is 8.08. The van der Waals surface area contributed by atoms with E-state index < -0.39 is 0 Å². The third kappa shape index (κ3) is 5.72. The van der Waals surface area contributed by atoms with Crippen LogP contribution in [0.2, 0.25) is 0 Å². The maximum Gasteiger partial charge on any atom is 0.233 e. The third-order valence-electron chi connectivity index (χ3n) is 5.61. The number of methoxy groups -OCH3 is 1. The molecule has 0 saturated carbocycles. The molecule has 1 aromatic heterocycles. The van der Waals surface area contributed by atoms with Gasteiger partial charge in [-0.3, -0.25) is 9.36 Å². The molecule has 178 valence electrons. The summed E-state index contributed by atoms with van der Waals surface area (Å²) in [7, 11) is 1.61. The van der Waals surface area contributed by atoms with Crippen molar-refractivity contribution < 1.29 is 14.3 Å². The van der Waals surface area contributed by atoms with Gasteiger partial charge in [0.1, 0.15) is 6.61 Å². The lowest BCUT2D eigenvalue weighted by atomic mass is 10.2. The largest absolute Gasteiger partial charge is 0.493 e. The number of benzene rings is 2. The van der Waals surface area contributed by atoms with Crippen molar-refractivity contribution in [3.05, 3.63) is 73.1 Å². The minimum Gasteiger partial charge on any atom is -0.493 e. The third-order valence-corrected chi connectivity index (χ3v) is 6.56. The first-order valence-electron chi connectivity index (χ1n) is 11.2. The summed E-state index contributed by atoms with van der Waals surface area (Å²) in [5, 5.41) is 9.26. The number of thioether (sulfide) groups is 1. The van der Waals surface area contributed by atoms with E-state index in [9.17, 15) is 4.79 Å². The number of ether oxygens (including phenoxy) is 2. The zero-order valence-electron chi connectivity index (χ0n) is 19.3. The molecule has 34 heavy (non-hydrogen) atoms. The standard InChI is InChI=1S/C25H29N5O3S/c1-3-13-30-23(18-33-22-12-8-7-11-21(22)32-2)26-27-25(30)34-19-24(31)29-16-14-28(15-17-29)20-9-5-4-6-10-20/h3-12H,1,13-19H2,2H3. The molecule has 8 nitrogen and oxygen atoms in total. The quantitative estimate of drug-likeness (QED) is 0.326. The van der Waals surface area contributed by atoms with E-state index >= 15 is 0 Å². The van der Waals surface area contributed by atoms with Crippen LogP contribution in [-0.2, 0) is 17.9 Å². The number of carbonyl (C=O) groups excluding carboxylic acids is 1. The number of aromatic nitrogens is 3. The Balaban J connectivity index is 1.32. The summed E-state index contributed by atoms with van der Waals surface area (Å²) in [5.74, 6) is 2.38. The molecule has 9 heteroatoms. The lowest BCUT2D eigenvalue weighted by molar-refractivity contribution is -0.128. The number of anilines is 1. The monoisotopic (exact) mass is 479 g/mol. The molecular weight excluding hydrogens is 450 g/mol. The van der Waals surface area contributed by atoms with Gasteiger partial charge >= 0.3 is 0 Å². The Hall–Kier alpha value is -3.46. The van der Waals surface area contributed by atoms with Gasteiger partial charge in [0, 0.05) is 38.4 Å². The minimum atomic E-state index is 0.109. The topological polar surface area (TPSA) is 72.7 Å². The number of allylic oxidation sites excluding steroid dienone is 1. The zero-order valence-corrected chi connectivity index (χ0v) is 20.1. The van der Waals surface area contributed by atoms with E-state index in [1.165, 1.54) is 17.4 Å². The summed E-state index contributed by atoms with van der Waals surface area (Å²) in [5.41, 5.74) is 1.20. The Morgan fingerprint density at radius 2 is 1.74 bits per heavy atom. The normalized spacial score (nSPS) is 13.6. The number of amides is 1. The van der Waals surface area contributed by atoms with Crippen LogP contribution >= 0.6 is 11.8 Å². The van der Waals surface area contributed by atoms with Gasteiger partial charge in [0.15, 0.2) is 22.5 Å². The maximum atomic E-state index is 12.8. The fraction of sp³-hybridized carbons (Fsp3) is 0.320. The molecule has 1 fully saturated rings. The molecule has 2 heterocycles. The smallest absolute Gasteiger partial charge is 0.233 e. The first kappa shape index (κ1) is 23.7. The molecule has 1 aliphatic heterocycles. The van der Waals surface area contributed by atoms with Crippen molar-refractivity contribution in [2.24, 2.45) is 0 Å². The van der Waals surface area contributed by atoms with Gasteiger partial charge < -0.3 is 19.3 Å². The van der Waals surface area contributed by atoms with E-state index in [0.29, 0.717) is 47.9 Å². The average Bonchev–Trinajstić information content (AvgIpc) is 3.28. The van der Waals surface area contributed by atoms with Crippen LogP contribution in [0.5, 0.6) is 11.5 Å². The Morgan fingerprint density at radius 1 is 1.03 bits per heavy atom. The van der Waals surface area contributed by atoms with Crippen LogP contribution < -0.4 is 14.4 Å². The first-order valence-corrected chi connectivity index (χ1v) is 12.2. The molecule has 1 saturated heterocycles. The van der Waals surface area contributed by atoms with Gasteiger partial charge in [-0.05, 0) is 24.3 Å². The molecule has 0 radical (unpaired) electrons. The van der Waals surface area contributed by atoms with Gasteiger partial charge in [0.05, 0.1) is 12.9 Å². The summed E-state index contributed by atoms with van der Waals surface area (Å²) in [6.45, 7) is 7.69. The molecule has 0 N–H and O–H groups in total. The number of para-hydroxylation sites is 3. The van der Waals surface area contributed by atoms with Crippen LogP contribution in [0.15, 0.2) is 72.4 Å². The van der Waals surface area contributed by atoms with Gasteiger partial charge in [0.25, 0.3) is 0 Å². The molecule has 3 aromatic rings. The van der Waals surface area contributed by atoms with E-state index in [1.54, 1.807) is 13.2 Å². The maximum absolute atomic E-state index is 12.8. The van der Waals surface area contributed by atoms with E-state index in [4.69, 9.17) is 9.47 Å². The second-order valence-electron chi connectivity index (χ2n) is 7.73. The molecule has 4 rings (SSSR count). The molecule has 1 amide bonds. The number of hydrogen-bond acceptors (Lipinski definition) is 7. The summed E-state index contributed by atoms with van der Waals surface area (Å²) in [6, 6.07) is 17.8. The highest BCUT2D eigenvalue weighted by molar-refractivity contribution is 7.99. The lowest BCUT2D eigenvalue weighted by Crippen LogP contribution is -2.49. The van der Waals surface area contributed by atoms with Gasteiger partial charge in [-0.15, -0.1) is 16.8 Å². The van der Waals surface area contributed by atoms with Gasteiger partial charge in [-0.25, -0.2) is 0 Å². The van der Waals surface area contributed by atoms with Crippen molar-refractivity contribution >= 4 is 23.4 Å². The fourth-order valence-corrected chi connectivity index (χ4v) is 4.67. The van der Waals surface area contributed by atoms with Gasteiger partial charge in [-0.1, -0.05) is 48.2 Å². The molecule has 1 aliphatic rings. The SMILES string of the molecule is C=CCn1c(COc2ccccc2OC)nnc1SCC(=O)N1CCN(c2ccccc2)CC1. The van der Waals surface area contributed by atoms with Crippen LogP contribution in [0.25, 0.3) is 0 Å². The van der Waals surface area contributed by atoms with Crippen molar-refractivity contribution in [2.75, 3.05) is 43.9 Å². The van der Waals surface area contributed by atoms with Crippen LogP contribution in [0.1, 0.15) is 5.82 Å². The van der Waals surface area contributed by atoms with Crippen molar-refractivity contribution in [2.45, 2.75) is 18.3 Å². The highest BCUT2D eigenvalue weighted by Crippen LogP contribution is 2.27. The first-order chi connectivity index (χ1) is 16.7. The summed E-state index contributed by atoms with van der Waals surface area (Å²) < 4.78 is 13.2. The van der Waals surface area contributed by atoms with Crippen LogP contribution in [-0.4, -0.2) is 64.6 Å². The predicted octanol–water partition coefficient (Wildman–Crippen LogP) is 3.49. The summed E-state index contributed by atoms with van der Waals surface area (Å²) in [6.07, 6.45) is 1.78. The predicted molar refractivity (Wildman–Crippen MR) is 134 cm³/mol. The fourth-order valence-electron chi connectivity index (χ4n) is 3.80. The second kappa shape index (κ2) is 11.6. The van der Waals surface area contributed by atoms with E-state index in [1.807, 2.05) is 51.9 Å². The van der Waals surface area contributed by atoms with Crippen LogP contribution in [0, 0.1) is 0 Å². The zero-order chi connectivity index (χ0) is 23.8. The van der Waals surface area contributed by atoms with Crippen LogP contribution in [0.4, 0.5) is 5.69 Å². The van der Waals surface area contributed by atoms with Crippen molar-refractivity contribution in [1.29, 1.82) is 0 Å². The molecular formula is C25H29N5O3S.